The van der Waals surface area contributed by atoms with Crippen LogP contribution in [0.4, 0.5) is 0 Å². The van der Waals surface area contributed by atoms with E-state index in [1.807, 2.05) is 115 Å². The summed E-state index contributed by atoms with van der Waals surface area (Å²) in [6, 6.07) is 2.54. The highest BCUT2D eigenvalue weighted by atomic mass is 33.5. The Labute approximate surface area is 311 Å². The van der Waals surface area contributed by atoms with Crippen LogP contribution in [0.15, 0.2) is 0 Å². The summed E-state index contributed by atoms with van der Waals surface area (Å²) in [6.07, 6.45) is 5.19. The highest BCUT2D eigenvalue weighted by Gasteiger charge is 2.42. The number of rotatable bonds is 37. The molecule has 47 heavy (non-hydrogen) atoms. The highest BCUT2D eigenvalue weighted by molar-refractivity contribution is 9.09. The Bertz CT molecular complexity index is 648. The molecule has 9 nitrogen and oxygen atoms in total. The second-order valence-corrected chi connectivity index (χ2v) is 25.2. The van der Waals surface area contributed by atoms with E-state index in [1.165, 1.54) is 5.25 Å². The Morgan fingerprint density at radius 3 is 1.06 bits per heavy atom. The molecular weight excluding hydrogens is 749 g/mol. The van der Waals surface area contributed by atoms with Crippen molar-refractivity contribution in [3.63, 3.8) is 0 Å². The molecular formula is C30H67O9S5Si3. The van der Waals surface area contributed by atoms with Crippen molar-refractivity contribution in [2.45, 2.75) is 113 Å². The summed E-state index contributed by atoms with van der Waals surface area (Å²) in [5.41, 5.74) is 0. The maximum Gasteiger partial charge on any atom is 0.500 e. The molecule has 0 aliphatic carbocycles. The summed E-state index contributed by atoms with van der Waals surface area (Å²) in [7, 11) is 1.76. The van der Waals surface area contributed by atoms with Crippen molar-refractivity contribution >= 4 is 79.4 Å². The van der Waals surface area contributed by atoms with E-state index in [2.05, 4.69) is 0 Å². The lowest BCUT2D eigenvalue weighted by molar-refractivity contribution is 0.0704. The quantitative estimate of drug-likeness (QED) is 0.0339. The largest absolute Gasteiger partial charge is 0.500 e. The monoisotopic (exact) mass is 815 g/mol. The van der Waals surface area contributed by atoms with Crippen molar-refractivity contribution in [3.8, 4) is 0 Å². The molecule has 0 amide bonds. The molecule has 1 radical (unpaired) electrons. The van der Waals surface area contributed by atoms with Crippen LogP contribution >= 0.6 is 53.0 Å². The first kappa shape index (κ1) is 49.0. The molecule has 0 saturated heterocycles. The fourth-order valence-electron chi connectivity index (χ4n) is 4.75. The third-order valence-electron chi connectivity index (χ3n) is 6.38. The molecule has 0 aromatic heterocycles. The van der Waals surface area contributed by atoms with Crippen molar-refractivity contribution in [3.05, 3.63) is 5.25 Å². The fraction of sp³-hybridized carbons (Fsp3) is 0.967. The standard InChI is InChI=1S/C30H67O9S5Si3/c1-10-31-45(32-11-2,33-12-3)27-20-25-41-40-24-19-22-30(23-29-47(37-16-7,38-17-8)39-18-9)43-44-42-26-21-28-46(34-13-4,35-14-5)36-15-6/h10-29H2,1-9H3. The molecule has 0 unspecified atom stereocenters. The van der Waals surface area contributed by atoms with Gasteiger partial charge in [-0.1, -0.05) is 43.2 Å². The summed E-state index contributed by atoms with van der Waals surface area (Å²) in [5.74, 6) is 3.20. The second-order valence-electron chi connectivity index (χ2n) is 9.91. The summed E-state index contributed by atoms with van der Waals surface area (Å²) >= 11 is 0. The van der Waals surface area contributed by atoms with E-state index in [-0.39, 0.29) is 0 Å². The van der Waals surface area contributed by atoms with E-state index in [1.54, 1.807) is 0 Å². The zero-order valence-corrected chi connectivity index (χ0v) is 37.9. The number of hydrogen-bond donors (Lipinski definition) is 0. The van der Waals surface area contributed by atoms with Gasteiger partial charge in [0, 0.05) is 100 Å². The van der Waals surface area contributed by atoms with Gasteiger partial charge in [0.25, 0.3) is 0 Å². The van der Waals surface area contributed by atoms with Gasteiger partial charge >= 0.3 is 26.4 Å². The van der Waals surface area contributed by atoms with Crippen molar-refractivity contribution in [2.75, 3.05) is 76.7 Å². The van der Waals surface area contributed by atoms with E-state index in [4.69, 9.17) is 39.8 Å². The van der Waals surface area contributed by atoms with Gasteiger partial charge in [-0.15, -0.1) is 0 Å². The van der Waals surface area contributed by atoms with Crippen molar-refractivity contribution in [2.24, 2.45) is 0 Å². The SMILES string of the molecule is CCO[Si](CCCSSCCC[C](CC[Si](OCC)(OCC)OCC)SSSCCC[Si](OCC)(OCC)OCC)(OCC)OCC. The average Bonchev–Trinajstić information content (AvgIpc) is 3.03. The Hall–Kier alpha value is 2.04. The van der Waals surface area contributed by atoms with Crippen molar-refractivity contribution < 1.29 is 39.8 Å². The third-order valence-corrected chi connectivity index (χ3v) is 22.7. The Balaban J connectivity index is 4.94. The van der Waals surface area contributed by atoms with Gasteiger partial charge in [0.1, 0.15) is 0 Å². The van der Waals surface area contributed by atoms with Crippen LogP contribution in [-0.2, 0) is 39.8 Å². The van der Waals surface area contributed by atoms with Crippen LogP contribution in [0.2, 0.25) is 18.1 Å². The summed E-state index contributed by atoms with van der Waals surface area (Å²) in [5, 5.41) is 1.48. The van der Waals surface area contributed by atoms with Gasteiger partial charge < -0.3 is 39.8 Å². The van der Waals surface area contributed by atoms with Gasteiger partial charge in [0.2, 0.25) is 0 Å². The Kier molecular flexibility index (Phi) is 34.1. The maximum atomic E-state index is 6.16. The van der Waals surface area contributed by atoms with Crippen LogP contribution in [0.3, 0.4) is 0 Å². The molecule has 0 aliphatic heterocycles. The Morgan fingerprint density at radius 2 is 0.702 bits per heavy atom. The fourth-order valence-corrected chi connectivity index (χ4v) is 19.7. The van der Waals surface area contributed by atoms with Crippen LogP contribution in [0.1, 0.15) is 94.4 Å². The molecule has 0 aliphatic rings. The van der Waals surface area contributed by atoms with Gasteiger partial charge in [0.15, 0.2) is 0 Å². The molecule has 0 spiro atoms. The summed E-state index contributed by atoms with van der Waals surface area (Å²) < 4.78 is 54.6. The number of hydrogen-bond acceptors (Lipinski definition) is 14. The van der Waals surface area contributed by atoms with Gasteiger partial charge in [-0.25, -0.2) is 0 Å². The lowest BCUT2D eigenvalue weighted by Gasteiger charge is -2.29. The lowest BCUT2D eigenvalue weighted by atomic mass is 10.2. The lowest BCUT2D eigenvalue weighted by Crippen LogP contribution is -2.46. The van der Waals surface area contributed by atoms with Crippen LogP contribution in [0, 0.1) is 5.25 Å². The van der Waals surface area contributed by atoms with Crippen LogP contribution in [-0.4, -0.2) is 103 Å². The van der Waals surface area contributed by atoms with Gasteiger partial charge in [-0.05, 0) is 104 Å². The molecule has 0 aromatic rings. The minimum absolute atomic E-state index is 0.604. The smallest absolute Gasteiger partial charge is 0.374 e. The minimum Gasteiger partial charge on any atom is -0.374 e. The second kappa shape index (κ2) is 32.7. The molecule has 283 valence electrons. The molecule has 0 fully saturated rings. The first-order valence-electron chi connectivity index (χ1n) is 17.6. The zero-order valence-electron chi connectivity index (χ0n) is 30.9. The van der Waals surface area contributed by atoms with Crippen molar-refractivity contribution in [1.82, 2.24) is 0 Å². The molecule has 0 saturated carbocycles. The van der Waals surface area contributed by atoms with Crippen LogP contribution in [0.5, 0.6) is 0 Å². The predicted molar refractivity (Wildman–Crippen MR) is 215 cm³/mol. The van der Waals surface area contributed by atoms with Gasteiger partial charge in [0.05, 0.1) is 0 Å². The zero-order chi connectivity index (χ0) is 35.1. The maximum absolute atomic E-state index is 6.16. The molecule has 0 N–H and O–H groups in total. The first-order valence-corrected chi connectivity index (χ1v) is 29.6. The summed E-state index contributed by atoms with van der Waals surface area (Å²) in [6.45, 7) is 23.7. The third kappa shape index (κ3) is 23.3. The van der Waals surface area contributed by atoms with Crippen LogP contribution in [0.25, 0.3) is 0 Å². The molecule has 0 rings (SSSR count). The molecule has 0 heterocycles. The molecule has 0 atom stereocenters. The molecule has 0 aromatic carbocycles. The van der Waals surface area contributed by atoms with Gasteiger partial charge in [-0.2, -0.15) is 0 Å². The summed E-state index contributed by atoms with van der Waals surface area (Å²) in [4.78, 5) is 0. The van der Waals surface area contributed by atoms with Crippen LogP contribution < -0.4 is 0 Å². The first-order chi connectivity index (χ1) is 22.8. The predicted octanol–water partition coefficient (Wildman–Crippen LogP) is 10.0. The average molecular weight is 816 g/mol. The molecule has 17 heteroatoms. The molecule has 0 bridgehead atoms. The minimum atomic E-state index is -2.69. The van der Waals surface area contributed by atoms with E-state index < -0.39 is 26.4 Å². The van der Waals surface area contributed by atoms with E-state index in [0.29, 0.717) is 59.5 Å². The Morgan fingerprint density at radius 1 is 0.383 bits per heavy atom. The van der Waals surface area contributed by atoms with Crippen molar-refractivity contribution in [1.29, 1.82) is 0 Å². The highest BCUT2D eigenvalue weighted by Crippen LogP contribution is 2.46. The van der Waals surface area contributed by atoms with E-state index in [0.717, 1.165) is 67.5 Å². The normalized spacial score (nSPS) is 12.9. The van der Waals surface area contributed by atoms with Gasteiger partial charge in [-0.3, -0.25) is 0 Å². The topological polar surface area (TPSA) is 83.1 Å². The van der Waals surface area contributed by atoms with E-state index >= 15 is 0 Å². The van der Waals surface area contributed by atoms with E-state index in [9.17, 15) is 0 Å².